The predicted octanol–water partition coefficient (Wildman–Crippen LogP) is 2.65. The van der Waals surface area contributed by atoms with Crippen molar-refractivity contribution in [2.45, 2.75) is 19.9 Å². The van der Waals surface area contributed by atoms with Crippen LogP contribution < -0.4 is 5.32 Å². The number of rotatable bonds is 3. The summed E-state index contributed by atoms with van der Waals surface area (Å²) in [6.07, 6.45) is 0. The lowest BCUT2D eigenvalue weighted by molar-refractivity contribution is 0.206. The minimum absolute atomic E-state index is 0.175. The Labute approximate surface area is 105 Å². The molecule has 1 aliphatic rings. The van der Waals surface area contributed by atoms with Gasteiger partial charge in [-0.2, -0.15) is 0 Å². The molecule has 1 aromatic rings. The van der Waals surface area contributed by atoms with Gasteiger partial charge in [-0.3, -0.25) is 0 Å². The molecule has 1 N–H and O–H groups in total. The first-order chi connectivity index (χ1) is 8.49. The summed E-state index contributed by atoms with van der Waals surface area (Å²) >= 11 is 0. The summed E-state index contributed by atoms with van der Waals surface area (Å²) < 4.78 is 26.1. The lowest BCUT2D eigenvalue weighted by atomic mass is 10.1. The SMILES string of the molecule is C[C](C)CN1C(=O)NCC1c1ccc(F)c(F)c1. The van der Waals surface area contributed by atoms with Gasteiger partial charge in [0, 0.05) is 13.1 Å². The zero-order valence-electron chi connectivity index (χ0n) is 10.3. The molecule has 5 heteroatoms. The molecule has 1 fully saturated rings. The fourth-order valence-corrected chi connectivity index (χ4v) is 2.08. The molecule has 3 nitrogen and oxygen atoms in total. The van der Waals surface area contributed by atoms with Crippen molar-refractivity contribution in [3.63, 3.8) is 0 Å². The number of nitrogens with one attached hydrogen (secondary N) is 1. The molecule has 1 aliphatic heterocycles. The van der Waals surface area contributed by atoms with Crippen LogP contribution in [0.25, 0.3) is 0 Å². The third-order valence-corrected chi connectivity index (χ3v) is 2.90. The molecule has 0 aliphatic carbocycles. The van der Waals surface area contributed by atoms with Gasteiger partial charge in [0.1, 0.15) is 0 Å². The second kappa shape index (κ2) is 4.92. The minimum atomic E-state index is -0.885. The van der Waals surface area contributed by atoms with Gasteiger partial charge in [0.2, 0.25) is 0 Å². The molecule has 1 unspecified atom stereocenters. The first-order valence-electron chi connectivity index (χ1n) is 5.77. The number of urea groups is 1. The Morgan fingerprint density at radius 2 is 2.11 bits per heavy atom. The average Bonchev–Trinajstić information content (AvgIpc) is 2.64. The van der Waals surface area contributed by atoms with Gasteiger partial charge in [0.15, 0.2) is 11.6 Å². The maximum absolute atomic E-state index is 13.2. The number of hydrogen-bond acceptors (Lipinski definition) is 1. The number of benzene rings is 1. The molecule has 0 aromatic heterocycles. The van der Waals surface area contributed by atoms with Crippen molar-refractivity contribution >= 4 is 6.03 Å². The molecule has 1 heterocycles. The van der Waals surface area contributed by atoms with Crippen molar-refractivity contribution in [2.24, 2.45) is 0 Å². The van der Waals surface area contributed by atoms with Crippen LogP contribution in [0, 0.1) is 17.6 Å². The van der Waals surface area contributed by atoms with Gasteiger partial charge in [0.25, 0.3) is 0 Å². The number of nitrogens with zero attached hydrogens (tertiary/aromatic N) is 1. The summed E-state index contributed by atoms with van der Waals surface area (Å²) in [5, 5.41) is 2.72. The van der Waals surface area contributed by atoms with Gasteiger partial charge >= 0.3 is 6.03 Å². The molecule has 1 atom stereocenters. The van der Waals surface area contributed by atoms with Gasteiger partial charge in [-0.15, -0.1) is 0 Å². The van der Waals surface area contributed by atoms with E-state index < -0.39 is 11.6 Å². The third-order valence-electron chi connectivity index (χ3n) is 2.90. The Balaban J connectivity index is 2.25. The largest absolute Gasteiger partial charge is 0.336 e. The molecule has 2 amide bonds. The van der Waals surface area contributed by atoms with Crippen molar-refractivity contribution in [2.75, 3.05) is 13.1 Å². The third kappa shape index (κ3) is 2.44. The van der Waals surface area contributed by atoms with Crippen molar-refractivity contribution in [3.05, 3.63) is 41.3 Å². The highest BCUT2D eigenvalue weighted by atomic mass is 19.2. The molecule has 1 saturated heterocycles. The Kier molecular flexibility index (Phi) is 3.50. The maximum atomic E-state index is 13.2. The number of carbonyl (C=O) groups excluding carboxylic acids is 1. The van der Waals surface area contributed by atoms with E-state index >= 15 is 0 Å². The zero-order valence-corrected chi connectivity index (χ0v) is 10.3. The van der Waals surface area contributed by atoms with Crippen LogP contribution in [0.3, 0.4) is 0 Å². The number of amides is 2. The van der Waals surface area contributed by atoms with Crippen LogP contribution in [0.1, 0.15) is 25.5 Å². The monoisotopic (exact) mass is 253 g/mol. The molecular weight excluding hydrogens is 238 g/mol. The molecular formula is C13H15F2N2O. The maximum Gasteiger partial charge on any atom is 0.318 e. The quantitative estimate of drug-likeness (QED) is 0.882. The highest BCUT2D eigenvalue weighted by Crippen LogP contribution is 2.26. The standard InChI is InChI=1S/C13H15F2N2O/c1-8(2)7-17-12(6-16-13(17)18)9-3-4-10(14)11(15)5-9/h3-5,12H,6-7H2,1-2H3,(H,16,18). The molecule has 0 bridgehead atoms. The van der Waals surface area contributed by atoms with Crippen LogP contribution in [0.4, 0.5) is 13.6 Å². The zero-order chi connectivity index (χ0) is 13.3. The lowest BCUT2D eigenvalue weighted by Crippen LogP contribution is -2.32. The number of hydrogen-bond donors (Lipinski definition) is 1. The van der Waals surface area contributed by atoms with E-state index in [2.05, 4.69) is 5.32 Å². The lowest BCUT2D eigenvalue weighted by Gasteiger charge is -2.25. The van der Waals surface area contributed by atoms with Gasteiger partial charge in [-0.05, 0) is 23.6 Å². The Morgan fingerprint density at radius 1 is 1.39 bits per heavy atom. The van der Waals surface area contributed by atoms with Crippen molar-refractivity contribution in [1.82, 2.24) is 10.2 Å². The summed E-state index contributed by atoms with van der Waals surface area (Å²) in [5.41, 5.74) is 0.605. The smallest absolute Gasteiger partial charge is 0.318 e. The van der Waals surface area contributed by atoms with Crippen LogP contribution in [0.2, 0.25) is 0 Å². The predicted molar refractivity (Wildman–Crippen MR) is 63.8 cm³/mol. The Hall–Kier alpha value is -1.65. The van der Waals surface area contributed by atoms with E-state index in [9.17, 15) is 13.6 Å². The second-order valence-electron chi connectivity index (χ2n) is 4.71. The van der Waals surface area contributed by atoms with Gasteiger partial charge in [-0.1, -0.05) is 19.9 Å². The van der Waals surface area contributed by atoms with Crippen LogP contribution in [0.5, 0.6) is 0 Å². The fraction of sp³-hybridized carbons (Fsp3) is 0.385. The van der Waals surface area contributed by atoms with Crippen LogP contribution in [-0.4, -0.2) is 24.0 Å². The van der Waals surface area contributed by atoms with Crippen LogP contribution >= 0.6 is 0 Å². The van der Waals surface area contributed by atoms with E-state index in [1.54, 1.807) is 4.90 Å². The first kappa shape index (κ1) is 12.8. The summed E-state index contributed by atoms with van der Waals surface area (Å²) in [6.45, 7) is 4.77. The van der Waals surface area contributed by atoms with E-state index in [4.69, 9.17) is 0 Å². The average molecular weight is 253 g/mol. The van der Waals surface area contributed by atoms with Gasteiger partial charge in [0.05, 0.1) is 6.04 Å². The van der Waals surface area contributed by atoms with Crippen LogP contribution in [-0.2, 0) is 0 Å². The topological polar surface area (TPSA) is 32.3 Å². The number of halogens is 2. The molecule has 0 saturated carbocycles. The van der Waals surface area contributed by atoms with E-state index in [0.717, 1.165) is 18.1 Å². The molecule has 18 heavy (non-hydrogen) atoms. The van der Waals surface area contributed by atoms with E-state index in [0.29, 0.717) is 18.7 Å². The molecule has 97 valence electrons. The van der Waals surface area contributed by atoms with Crippen molar-refractivity contribution < 1.29 is 13.6 Å². The summed E-state index contributed by atoms with van der Waals surface area (Å²) in [7, 11) is 0. The molecule has 1 aromatic carbocycles. The molecule has 1 radical (unpaired) electrons. The minimum Gasteiger partial charge on any atom is -0.336 e. The highest BCUT2D eigenvalue weighted by Gasteiger charge is 2.32. The Bertz CT molecular complexity index is 462. The summed E-state index contributed by atoms with van der Waals surface area (Å²) in [4.78, 5) is 13.3. The normalized spacial score (nSPS) is 19.5. The van der Waals surface area contributed by atoms with E-state index in [-0.39, 0.29) is 12.1 Å². The van der Waals surface area contributed by atoms with E-state index in [1.807, 2.05) is 13.8 Å². The van der Waals surface area contributed by atoms with Crippen molar-refractivity contribution in [3.8, 4) is 0 Å². The van der Waals surface area contributed by atoms with Gasteiger partial charge in [-0.25, -0.2) is 13.6 Å². The van der Waals surface area contributed by atoms with Gasteiger partial charge < -0.3 is 10.2 Å². The molecule has 2 rings (SSSR count). The first-order valence-corrected chi connectivity index (χ1v) is 5.77. The fourth-order valence-electron chi connectivity index (χ4n) is 2.08. The number of carbonyl (C=O) groups is 1. The highest BCUT2D eigenvalue weighted by molar-refractivity contribution is 5.77. The van der Waals surface area contributed by atoms with Crippen molar-refractivity contribution in [1.29, 1.82) is 0 Å². The molecule has 0 spiro atoms. The second-order valence-corrected chi connectivity index (χ2v) is 4.71. The van der Waals surface area contributed by atoms with E-state index in [1.165, 1.54) is 6.07 Å². The summed E-state index contributed by atoms with van der Waals surface area (Å²) in [5.74, 6) is -0.676. The van der Waals surface area contributed by atoms with Crippen LogP contribution in [0.15, 0.2) is 18.2 Å². The summed E-state index contributed by atoms with van der Waals surface area (Å²) in [6, 6.07) is 3.33. The Morgan fingerprint density at radius 3 is 2.72 bits per heavy atom.